The molecule has 0 aliphatic rings. The van der Waals surface area contributed by atoms with E-state index in [1.54, 1.807) is 12.1 Å². The normalized spacial score (nSPS) is 10.2. The first-order chi connectivity index (χ1) is 8.59. The van der Waals surface area contributed by atoms with Crippen LogP contribution in [0.5, 0.6) is 0 Å². The van der Waals surface area contributed by atoms with Crippen LogP contribution >= 0.6 is 11.6 Å². The van der Waals surface area contributed by atoms with Gasteiger partial charge in [0.05, 0.1) is 22.5 Å². The number of halogens is 2. The van der Waals surface area contributed by atoms with Crippen LogP contribution in [0.4, 0.5) is 10.1 Å². The summed E-state index contributed by atoms with van der Waals surface area (Å²) >= 11 is 5.98. The maximum Gasteiger partial charge on any atom is 0.258 e. The molecule has 3 nitrogen and oxygen atoms in total. The van der Waals surface area contributed by atoms with Gasteiger partial charge in [-0.05, 0) is 24.6 Å². The maximum atomic E-state index is 13.4. The Labute approximate surface area is 109 Å². The fourth-order valence-corrected chi connectivity index (χ4v) is 1.80. The van der Waals surface area contributed by atoms with E-state index in [4.69, 9.17) is 11.6 Å². The number of nitrogens with one attached hydrogen (secondary N) is 1. The Hall–Kier alpha value is -1.94. The van der Waals surface area contributed by atoms with Crippen LogP contribution in [0, 0.1) is 12.7 Å². The Morgan fingerprint density at radius 2 is 2.17 bits per heavy atom. The van der Waals surface area contributed by atoms with Gasteiger partial charge in [-0.15, -0.1) is 0 Å². The van der Waals surface area contributed by atoms with Gasteiger partial charge in [-0.3, -0.25) is 9.78 Å². The number of aryl methyl sites for hydroxylation is 1. The maximum absolute atomic E-state index is 13.4. The fourth-order valence-electron chi connectivity index (χ4n) is 1.53. The molecule has 92 valence electrons. The number of para-hydroxylation sites is 1. The number of hydrogen-bond acceptors (Lipinski definition) is 2. The smallest absolute Gasteiger partial charge is 0.258 e. The molecule has 2 rings (SSSR count). The fraction of sp³-hybridized carbons (Fsp3) is 0.0769. The van der Waals surface area contributed by atoms with Crippen LogP contribution in [0.3, 0.4) is 0 Å². The monoisotopic (exact) mass is 264 g/mol. The molecule has 0 aliphatic carbocycles. The summed E-state index contributed by atoms with van der Waals surface area (Å²) in [4.78, 5) is 15.5. The lowest BCUT2D eigenvalue weighted by Crippen LogP contribution is -2.15. The minimum Gasteiger partial charge on any atom is -0.320 e. The van der Waals surface area contributed by atoms with E-state index < -0.39 is 11.7 Å². The molecule has 1 heterocycles. The molecular formula is C13H10ClFN2O. The summed E-state index contributed by atoms with van der Waals surface area (Å²) in [6, 6.07) is 6.56. The summed E-state index contributed by atoms with van der Waals surface area (Å²) in [5.74, 6) is -1.22. The van der Waals surface area contributed by atoms with E-state index in [1.807, 2.05) is 13.0 Å². The molecule has 0 unspecified atom stereocenters. The van der Waals surface area contributed by atoms with Crippen LogP contribution < -0.4 is 5.32 Å². The molecular weight excluding hydrogens is 255 g/mol. The van der Waals surface area contributed by atoms with E-state index in [9.17, 15) is 9.18 Å². The number of carbonyl (C=O) groups is 1. The van der Waals surface area contributed by atoms with Gasteiger partial charge in [0.25, 0.3) is 5.91 Å². The van der Waals surface area contributed by atoms with Gasteiger partial charge in [-0.25, -0.2) is 4.39 Å². The molecule has 0 radical (unpaired) electrons. The van der Waals surface area contributed by atoms with Crippen molar-refractivity contribution in [1.82, 2.24) is 4.98 Å². The van der Waals surface area contributed by atoms with Crippen LogP contribution in [0.25, 0.3) is 0 Å². The highest BCUT2D eigenvalue weighted by Gasteiger charge is 2.13. The van der Waals surface area contributed by atoms with E-state index in [0.29, 0.717) is 10.7 Å². The van der Waals surface area contributed by atoms with Crippen molar-refractivity contribution in [3.8, 4) is 0 Å². The minimum atomic E-state index is -0.667. The van der Waals surface area contributed by atoms with Gasteiger partial charge >= 0.3 is 0 Å². The number of benzene rings is 1. The SMILES string of the molecule is Cc1cccc(Cl)c1NC(=O)c1ccncc1F. The second-order valence-electron chi connectivity index (χ2n) is 3.74. The van der Waals surface area contributed by atoms with E-state index in [-0.39, 0.29) is 5.56 Å². The standard InChI is InChI=1S/C13H10ClFN2O/c1-8-3-2-4-10(14)12(8)17-13(18)9-5-6-16-7-11(9)15/h2-7H,1H3,(H,17,18). The average molecular weight is 265 g/mol. The Morgan fingerprint density at radius 1 is 1.39 bits per heavy atom. The van der Waals surface area contributed by atoms with E-state index >= 15 is 0 Å². The van der Waals surface area contributed by atoms with Crippen molar-refractivity contribution < 1.29 is 9.18 Å². The Bertz CT molecular complexity index is 581. The van der Waals surface area contributed by atoms with Crippen molar-refractivity contribution in [2.24, 2.45) is 0 Å². The van der Waals surface area contributed by atoms with Crippen LogP contribution in [-0.4, -0.2) is 10.9 Å². The minimum absolute atomic E-state index is 0.0654. The Balaban J connectivity index is 2.30. The molecule has 0 saturated carbocycles. The zero-order valence-electron chi connectivity index (χ0n) is 9.58. The molecule has 18 heavy (non-hydrogen) atoms. The second kappa shape index (κ2) is 5.14. The van der Waals surface area contributed by atoms with E-state index in [1.165, 1.54) is 12.3 Å². The number of pyridine rings is 1. The molecule has 0 fully saturated rings. The van der Waals surface area contributed by atoms with Crippen molar-refractivity contribution in [2.45, 2.75) is 6.92 Å². The summed E-state index contributed by atoms with van der Waals surface area (Å²) in [6.07, 6.45) is 2.35. The molecule has 2 aromatic rings. The van der Waals surface area contributed by atoms with Gasteiger partial charge < -0.3 is 5.32 Å². The van der Waals surface area contributed by atoms with Gasteiger partial charge in [-0.1, -0.05) is 23.7 Å². The van der Waals surface area contributed by atoms with Crippen molar-refractivity contribution in [3.63, 3.8) is 0 Å². The second-order valence-corrected chi connectivity index (χ2v) is 4.15. The number of rotatable bonds is 2. The highest BCUT2D eigenvalue weighted by Crippen LogP contribution is 2.25. The number of carbonyl (C=O) groups excluding carboxylic acids is 1. The van der Waals surface area contributed by atoms with E-state index in [2.05, 4.69) is 10.3 Å². The zero-order valence-corrected chi connectivity index (χ0v) is 10.3. The van der Waals surface area contributed by atoms with Gasteiger partial charge in [0, 0.05) is 6.20 Å². The Morgan fingerprint density at radius 3 is 2.83 bits per heavy atom. The molecule has 1 amide bonds. The lowest BCUT2D eigenvalue weighted by atomic mass is 10.2. The van der Waals surface area contributed by atoms with Crippen molar-refractivity contribution >= 4 is 23.2 Å². The largest absolute Gasteiger partial charge is 0.320 e. The summed E-state index contributed by atoms with van der Waals surface area (Å²) in [5, 5.41) is 3.01. The molecule has 0 atom stereocenters. The van der Waals surface area contributed by atoms with Crippen molar-refractivity contribution in [2.75, 3.05) is 5.32 Å². The molecule has 0 bridgehead atoms. The zero-order chi connectivity index (χ0) is 13.1. The number of anilines is 1. The van der Waals surface area contributed by atoms with E-state index in [0.717, 1.165) is 11.8 Å². The molecule has 1 N–H and O–H groups in total. The van der Waals surface area contributed by atoms with Crippen LogP contribution in [0.15, 0.2) is 36.7 Å². The van der Waals surface area contributed by atoms with Crippen LogP contribution in [0.1, 0.15) is 15.9 Å². The highest BCUT2D eigenvalue weighted by atomic mass is 35.5. The topological polar surface area (TPSA) is 42.0 Å². The molecule has 1 aromatic heterocycles. The predicted molar refractivity (Wildman–Crippen MR) is 68.3 cm³/mol. The number of amides is 1. The number of hydrogen-bond donors (Lipinski definition) is 1. The quantitative estimate of drug-likeness (QED) is 0.903. The molecule has 5 heteroatoms. The highest BCUT2D eigenvalue weighted by molar-refractivity contribution is 6.34. The van der Waals surface area contributed by atoms with Crippen LogP contribution in [0.2, 0.25) is 5.02 Å². The summed E-state index contributed by atoms with van der Waals surface area (Å²) in [5.41, 5.74) is 1.23. The Kier molecular flexibility index (Phi) is 3.58. The first-order valence-electron chi connectivity index (χ1n) is 5.25. The first kappa shape index (κ1) is 12.5. The average Bonchev–Trinajstić information content (AvgIpc) is 2.34. The number of aromatic nitrogens is 1. The molecule has 1 aromatic carbocycles. The lowest BCUT2D eigenvalue weighted by Gasteiger charge is -2.10. The summed E-state index contributed by atoms with van der Waals surface area (Å²) < 4.78 is 13.4. The molecule has 0 spiro atoms. The summed E-state index contributed by atoms with van der Waals surface area (Å²) in [6.45, 7) is 1.81. The molecule has 0 aliphatic heterocycles. The van der Waals surface area contributed by atoms with Gasteiger partial charge in [0.2, 0.25) is 0 Å². The lowest BCUT2D eigenvalue weighted by molar-refractivity contribution is 0.102. The van der Waals surface area contributed by atoms with Crippen molar-refractivity contribution in [1.29, 1.82) is 0 Å². The van der Waals surface area contributed by atoms with Crippen LogP contribution in [-0.2, 0) is 0 Å². The van der Waals surface area contributed by atoms with Crippen molar-refractivity contribution in [3.05, 3.63) is 58.6 Å². The third kappa shape index (κ3) is 2.49. The third-order valence-corrected chi connectivity index (χ3v) is 2.79. The molecule has 0 saturated heterocycles. The first-order valence-corrected chi connectivity index (χ1v) is 5.63. The number of nitrogens with zero attached hydrogens (tertiary/aromatic N) is 1. The predicted octanol–water partition coefficient (Wildman–Crippen LogP) is 3.43. The summed E-state index contributed by atoms with van der Waals surface area (Å²) in [7, 11) is 0. The van der Waals surface area contributed by atoms with Gasteiger partial charge in [-0.2, -0.15) is 0 Å². The van der Waals surface area contributed by atoms with Gasteiger partial charge in [0.15, 0.2) is 5.82 Å². The van der Waals surface area contributed by atoms with Gasteiger partial charge in [0.1, 0.15) is 0 Å². The third-order valence-electron chi connectivity index (χ3n) is 2.48.